The minimum Gasteiger partial charge on any atom is -0.427 e. The first-order chi connectivity index (χ1) is 7.56. The molecule has 5 nitrogen and oxygen atoms in total. The van der Waals surface area contributed by atoms with E-state index in [1.54, 1.807) is 0 Å². The zero-order valence-electron chi connectivity index (χ0n) is 9.69. The van der Waals surface area contributed by atoms with Crippen molar-refractivity contribution in [2.24, 2.45) is 5.92 Å². The molecule has 0 fully saturated rings. The third-order valence-corrected chi connectivity index (χ3v) is 2.68. The number of nitrogen functional groups attached to an aromatic ring is 1. The topological polar surface area (TPSA) is 72.4 Å². The Morgan fingerprint density at radius 1 is 1.62 bits per heavy atom. The Hall–Kier alpha value is -1.52. The molecule has 0 saturated carbocycles. The maximum absolute atomic E-state index is 11.9. The molecular weight excluding hydrogens is 206 g/mol. The highest BCUT2D eigenvalue weighted by atomic mass is 16.4. The average Bonchev–Trinajstić information content (AvgIpc) is 2.55. The molecule has 0 aromatic carbocycles. The second-order valence-corrected chi connectivity index (χ2v) is 4.59. The molecule has 1 aliphatic heterocycles. The van der Waals surface area contributed by atoms with Crippen molar-refractivity contribution in [2.45, 2.75) is 33.2 Å². The highest BCUT2D eigenvalue weighted by molar-refractivity contribution is 5.76. The average molecular weight is 223 g/mol. The Morgan fingerprint density at radius 3 is 3.06 bits per heavy atom. The van der Waals surface area contributed by atoms with Gasteiger partial charge in [0, 0.05) is 19.4 Å². The number of anilines is 1. The summed E-state index contributed by atoms with van der Waals surface area (Å²) < 4.78 is 5.26. The molecule has 1 aromatic rings. The maximum atomic E-state index is 11.9. The Kier molecular flexibility index (Phi) is 2.85. The molecule has 88 valence electrons. The van der Waals surface area contributed by atoms with Crippen molar-refractivity contribution in [1.29, 1.82) is 0 Å². The molecule has 0 aliphatic carbocycles. The summed E-state index contributed by atoms with van der Waals surface area (Å²) >= 11 is 0. The minimum atomic E-state index is 0.177. The molecule has 2 heterocycles. The molecular formula is C11H17N3O2. The van der Waals surface area contributed by atoms with Gasteiger partial charge in [-0.25, -0.2) is 0 Å². The summed E-state index contributed by atoms with van der Waals surface area (Å²) in [7, 11) is 0. The smallest absolute Gasteiger partial charge is 0.292 e. The van der Waals surface area contributed by atoms with E-state index >= 15 is 0 Å². The molecule has 0 spiro atoms. The van der Waals surface area contributed by atoms with Crippen LogP contribution in [-0.4, -0.2) is 22.3 Å². The molecule has 2 rings (SSSR count). The van der Waals surface area contributed by atoms with Gasteiger partial charge in [-0.15, -0.1) is 0 Å². The Labute approximate surface area is 94.6 Å². The number of nitrogens with zero attached hydrogens (tertiary/aromatic N) is 2. The lowest BCUT2D eigenvalue weighted by Crippen LogP contribution is -2.36. The van der Waals surface area contributed by atoms with Crippen LogP contribution in [0.25, 0.3) is 0 Å². The van der Waals surface area contributed by atoms with Crippen LogP contribution >= 0.6 is 0 Å². The molecule has 1 amide bonds. The van der Waals surface area contributed by atoms with Gasteiger partial charge < -0.3 is 15.1 Å². The van der Waals surface area contributed by atoms with Crippen LogP contribution in [0.1, 0.15) is 31.7 Å². The van der Waals surface area contributed by atoms with E-state index in [1.807, 2.05) is 18.7 Å². The number of carbonyl (C=O) groups excluding carboxylic acids is 1. The number of aromatic nitrogens is 1. The van der Waals surface area contributed by atoms with Crippen LogP contribution < -0.4 is 5.73 Å². The Morgan fingerprint density at radius 2 is 2.38 bits per heavy atom. The van der Waals surface area contributed by atoms with Crippen LogP contribution in [0.4, 0.5) is 6.01 Å². The van der Waals surface area contributed by atoms with E-state index < -0.39 is 0 Å². The number of rotatable bonds is 2. The van der Waals surface area contributed by atoms with Crippen molar-refractivity contribution in [3.8, 4) is 0 Å². The maximum Gasteiger partial charge on any atom is 0.292 e. The first kappa shape index (κ1) is 11.0. The van der Waals surface area contributed by atoms with Crippen LogP contribution in [0.15, 0.2) is 4.42 Å². The van der Waals surface area contributed by atoms with E-state index in [2.05, 4.69) is 4.98 Å². The highest BCUT2D eigenvalue weighted by Crippen LogP contribution is 2.21. The normalized spacial score (nSPS) is 15.3. The second-order valence-electron chi connectivity index (χ2n) is 4.59. The lowest BCUT2D eigenvalue weighted by Gasteiger charge is -2.25. The summed E-state index contributed by atoms with van der Waals surface area (Å²) in [6, 6.07) is 0.197. The second kappa shape index (κ2) is 4.15. The minimum absolute atomic E-state index is 0.177. The lowest BCUT2D eigenvalue weighted by atomic mass is 10.1. The predicted molar refractivity (Wildman–Crippen MR) is 59.5 cm³/mol. The van der Waals surface area contributed by atoms with Gasteiger partial charge in [-0.3, -0.25) is 4.79 Å². The summed E-state index contributed by atoms with van der Waals surface area (Å²) in [5.74, 6) is 1.30. The van der Waals surface area contributed by atoms with Crippen LogP contribution in [0.5, 0.6) is 0 Å². The van der Waals surface area contributed by atoms with Crippen LogP contribution in [-0.2, 0) is 17.8 Å². The van der Waals surface area contributed by atoms with Gasteiger partial charge in [-0.1, -0.05) is 13.8 Å². The van der Waals surface area contributed by atoms with Gasteiger partial charge in [-0.2, -0.15) is 4.98 Å². The lowest BCUT2D eigenvalue weighted by molar-refractivity contribution is -0.133. The molecule has 1 aliphatic rings. The third kappa shape index (κ3) is 2.18. The van der Waals surface area contributed by atoms with Gasteiger partial charge >= 0.3 is 0 Å². The zero-order valence-corrected chi connectivity index (χ0v) is 9.69. The zero-order chi connectivity index (χ0) is 11.7. The summed E-state index contributed by atoms with van der Waals surface area (Å²) in [4.78, 5) is 17.7. The number of oxazole rings is 1. The highest BCUT2D eigenvalue weighted by Gasteiger charge is 2.25. The van der Waals surface area contributed by atoms with Gasteiger partial charge in [0.1, 0.15) is 5.76 Å². The molecule has 1 aromatic heterocycles. The first-order valence-electron chi connectivity index (χ1n) is 5.58. The van der Waals surface area contributed by atoms with Crippen molar-refractivity contribution in [3.63, 3.8) is 0 Å². The number of fused-ring (bicyclic) bond motifs is 1. The van der Waals surface area contributed by atoms with Crippen molar-refractivity contribution in [2.75, 3.05) is 12.3 Å². The monoisotopic (exact) mass is 223 g/mol. The van der Waals surface area contributed by atoms with Crippen molar-refractivity contribution in [3.05, 3.63) is 11.5 Å². The van der Waals surface area contributed by atoms with Gasteiger partial charge in [0.05, 0.1) is 12.2 Å². The Balaban J connectivity index is 2.04. The fourth-order valence-corrected chi connectivity index (χ4v) is 1.91. The van der Waals surface area contributed by atoms with Gasteiger partial charge in [0.2, 0.25) is 5.91 Å². The number of hydrogen-bond donors (Lipinski definition) is 1. The number of amides is 1. The largest absolute Gasteiger partial charge is 0.427 e. The van der Waals surface area contributed by atoms with E-state index in [1.165, 1.54) is 0 Å². The number of nitrogens with two attached hydrogens (primary N) is 1. The van der Waals surface area contributed by atoms with E-state index in [4.69, 9.17) is 10.2 Å². The fraction of sp³-hybridized carbons (Fsp3) is 0.636. The Bertz CT molecular complexity index is 398. The molecule has 0 bridgehead atoms. The summed E-state index contributed by atoms with van der Waals surface area (Å²) in [6.45, 7) is 5.30. The van der Waals surface area contributed by atoms with Crippen molar-refractivity contribution >= 4 is 11.9 Å². The van der Waals surface area contributed by atoms with E-state index in [0.717, 1.165) is 17.9 Å². The van der Waals surface area contributed by atoms with Crippen molar-refractivity contribution in [1.82, 2.24) is 9.88 Å². The molecule has 0 unspecified atom stereocenters. The molecule has 2 N–H and O–H groups in total. The standard InChI is InChI=1S/C11H17N3O2/c1-7(2)5-10(15)14-4-3-8-9(6-14)16-11(12)13-8/h7H,3-6H2,1-2H3,(H2,12,13). The summed E-state index contributed by atoms with van der Waals surface area (Å²) in [5.41, 5.74) is 6.37. The molecule has 0 radical (unpaired) electrons. The van der Waals surface area contributed by atoms with Gasteiger partial charge in [-0.05, 0) is 5.92 Å². The molecule has 0 saturated heterocycles. The van der Waals surface area contributed by atoms with Gasteiger partial charge in [0.15, 0.2) is 0 Å². The molecule has 0 atom stereocenters. The van der Waals surface area contributed by atoms with E-state index in [0.29, 0.717) is 25.4 Å². The first-order valence-corrected chi connectivity index (χ1v) is 5.58. The quantitative estimate of drug-likeness (QED) is 0.817. The molecule has 5 heteroatoms. The number of hydrogen-bond acceptors (Lipinski definition) is 4. The van der Waals surface area contributed by atoms with Crippen molar-refractivity contribution < 1.29 is 9.21 Å². The van der Waals surface area contributed by atoms with Crippen LogP contribution in [0.2, 0.25) is 0 Å². The van der Waals surface area contributed by atoms with Crippen LogP contribution in [0, 0.1) is 5.92 Å². The number of carbonyl (C=O) groups is 1. The van der Waals surface area contributed by atoms with Crippen LogP contribution in [0.3, 0.4) is 0 Å². The van der Waals surface area contributed by atoms with E-state index in [9.17, 15) is 4.79 Å². The fourth-order valence-electron chi connectivity index (χ4n) is 1.91. The molecule has 16 heavy (non-hydrogen) atoms. The SMILES string of the molecule is CC(C)CC(=O)N1CCc2nc(N)oc2C1. The van der Waals surface area contributed by atoms with Gasteiger partial charge in [0.25, 0.3) is 6.01 Å². The summed E-state index contributed by atoms with van der Waals surface area (Å²) in [6.07, 6.45) is 1.32. The summed E-state index contributed by atoms with van der Waals surface area (Å²) in [5, 5.41) is 0. The predicted octanol–water partition coefficient (Wildman–Crippen LogP) is 1.19. The third-order valence-electron chi connectivity index (χ3n) is 2.68. The van der Waals surface area contributed by atoms with E-state index in [-0.39, 0.29) is 11.9 Å².